The molecule has 2 rings (SSSR count). The van der Waals surface area contributed by atoms with E-state index in [0.717, 1.165) is 12.1 Å². The van der Waals surface area contributed by atoms with Gasteiger partial charge in [0.15, 0.2) is 0 Å². The molecule has 0 saturated heterocycles. The lowest BCUT2D eigenvalue weighted by Crippen LogP contribution is -2.05. The summed E-state index contributed by atoms with van der Waals surface area (Å²) in [5.41, 5.74) is 0.634. The molecule has 0 saturated carbocycles. The number of halogens is 3. The van der Waals surface area contributed by atoms with Gasteiger partial charge in [-0.1, -0.05) is 6.07 Å². The Bertz CT molecular complexity index is 624. The fraction of sp³-hybridized carbons (Fsp3) is 0.214. The van der Waals surface area contributed by atoms with Crippen molar-refractivity contribution in [3.8, 4) is 6.07 Å². The van der Waals surface area contributed by atoms with Gasteiger partial charge in [-0.2, -0.15) is 18.4 Å². The van der Waals surface area contributed by atoms with E-state index in [-0.39, 0.29) is 18.8 Å². The molecular weight excluding hydrogens is 271 g/mol. The Kier molecular flexibility index (Phi) is 3.81. The lowest BCUT2D eigenvalue weighted by molar-refractivity contribution is -0.137. The smallest absolute Gasteiger partial charge is 0.416 e. The zero-order valence-electron chi connectivity index (χ0n) is 10.2. The van der Waals surface area contributed by atoms with Crippen LogP contribution in [0.3, 0.4) is 0 Å². The van der Waals surface area contributed by atoms with Gasteiger partial charge in [-0.25, -0.2) is 0 Å². The SMILES string of the molecule is N#CC1=CC(=COCCO)c2cc(C(F)(F)F)ccc21. The minimum Gasteiger partial charge on any atom is -0.498 e. The molecule has 0 heterocycles. The van der Waals surface area contributed by atoms with Crippen molar-refractivity contribution in [1.29, 1.82) is 5.26 Å². The molecule has 0 atom stereocenters. The molecular formula is C14H10F3NO2. The van der Waals surface area contributed by atoms with E-state index in [4.69, 9.17) is 15.1 Å². The molecule has 20 heavy (non-hydrogen) atoms. The summed E-state index contributed by atoms with van der Waals surface area (Å²) in [5.74, 6) is 0. The van der Waals surface area contributed by atoms with E-state index in [1.165, 1.54) is 18.4 Å². The molecule has 1 aromatic rings. The number of alkyl halides is 3. The third kappa shape index (κ3) is 2.68. The molecule has 0 aromatic heterocycles. The standard InChI is InChI=1S/C14H10F3NO2/c15-14(16,17)11-1-2-12-9(7-18)5-10(13(12)6-11)8-20-4-3-19/h1-2,5-6,8,19H,3-4H2. The van der Waals surface area contributed by atoms with Crippen molar-refractivity contribution in [2.75, 3.05) is 13.2 Å². The number of benzene rings is 1. The Morgan fingerprint density at radius 3 is 2.65 bits per heavy atom. The fourth-order valence-corrected chi connectivity index (χ4v) is 1.90. The number of hydrogen-bond donors (Lipinski definition) is 1. The first-order valence-corrected chi connectivity index (χ1v) is 5.74. The van der Waals surface area contributed by atoms with Crippen LogP contribution in [0.25, 0.3) is 11.1 Å². The monoisotopic (exact) mass is 281 g/mol. The van der Waals surface area contributed by atoms with E-state index in [1.807, 2.05) is 6.07 Å². The summed E-state index contributed by atoms with van der Waals surface area (Å²) in [7, 11) is 0. The van der Waals surface area contributed by atoms with Crippen LogP contribution >= 0.6 is 0 Å². The number of hydrogen-bond acceptors (Lipinski definition) is 3. The second-order valence-corrected chi connectivity index (χ2v) is 4.10. The summed E-state index contributed by atoms with van der Waals surface area (Å²) in [6.07, 6.45) is -1.73. The van der Waals surface area contributed by atoms with Crippen LogP contribution in [0.4, 0.5) is 13.2 Å². The topological polar surface area (TPSA) is 53.2 Å². The van der Waals surface area contributed by atoms with Crippen LogP contribution in [-0.2, 0) is 10.9 Å². The second kappa shape index (κ2) is 5.39. The highest BCUT2D eigenvalue weighted by Gasteiger charge is 2.32. The predicted octanol–water partition coefficient (Wildman–Crippen LogP) is 2.98. The maximum atomic E-state index is 12.7. The summed E-state index contributed by atoms with van der Waals surface area (Å²) in [6, 6.07) is 5.15. The molecule has 0 unspecified atom stereocenters. The van der Waals surface area contributed by atoms with E-state index in [2.05, 4.69) is 0 Å². The van der Waals surface area contributed by atoms with Crippen LogP contribution in [0, 0.1) is 11.3 Å². The van der Waals surface area contributed by atoms with Crippen molar-refractivity contribution >= 4 is 11.1 Å². The molecule has 0 radical (unpaired) electrons. The number of fused-ring (bicyclic) bond motifs is 1. The third-order valence-corrected chi connectivity index (χ3v) is 2.79. The molecule has 1 aliphatic rings. The van der Waals surface area contributed by atoms with Crippen LogP contribution in [-0.4, -0.2) is 18.3 Å². The van der Waals surface area contributed by atoms with Crippen molar-refractivity contribution in [2.45, 2.75) is 6.18 Å². The largest absolute Gasteiger partial charge is 0.498 e. The molecule has 0 bridgehead atoms. The number of aliphatic hydroxyl groups excluding tert-OH is 1. The normalized spacial score (nSPS) is 15.8. The highest BCUT2D eigenvalue weighted by atomic mass is 19.4. The summed E-state index contributed by atoms with van der Waals surface area (Å²) in [6.45, 7) is -0.165. The second-order valence-electron chi connectivity index (χ2n) is 4.10. The Morgan fingerprint density at radius 2 is 2.05 bits per heavy atom. The van der Waals surface area contributed by atoms with E-state index in [0.29, 0.717) is 16.7 Å². The van der Waals surface area contributed by atoms with Gasteiger partial charge >= 0.3 is 6.18 Å². The first-order chi connectivity index (χ1) is 9.47. The van der Waals surface area contributed by atoms with Crippen LogP contribution in [0.15, 0.2) is 30.5 Å². The fourth-order valence-electron chi connectivity index (χ4n) is 1.90. The average Bonchev–Trinajstić information content (AvgIpc) is 2.76. The molecule has 0 spiro atoms. The molecule has 1 aromatic carbocycles. The van der Waals surface area contributed by atoms with Crippen LogP contribution in [0.2, 0.25) is 0 Å². The summed E-state index contributed by atoms with van der Waals surface area (Å²) in [4.78, 5) is 0. The van der Waals surface area contributed by atoms with Gasteiger partial charge in [0.2, 0.25) is 0 Å². The van der Waals surface area contributed by atoms with Gasteiger partial charge in [0.05, 0.1) is 30.1 Å². The van der Waals surface area contributed by atoms with Gasteiger partial charge in [0.1, 0.15) is 6.61 Å². The molecule has 0 fully saturated rings. The van der Waals surface area contributed by atoms with Crippen molar-refractivity contribution in [3.63, 3.8) is 0 Å². The third-order valence-electron chi connectivity index (χ3n) is 2.79. The summed E-state index contributed by atoms with van der Waals surface area (Å²) >= 11 is 0. The number of nitriles is 1. The highest BCUT2D eigenvalue weighted by molar-refractivity contribution is 5.99. The Hall–Kier alpha value is -2.26. The van der Waals surface area contributed by atoms with Gasteiger partial charge in [-0.05, 0) is 23.8 Å². The van der Waals surface area contributed by atoms with E-state index in [1.54, 1.807) is 0 Å². The molecule has 6 heteroatoms. The first-order valence-electron chi connectivity index (χ1n) is 5.74. The summed E-state index contributed by atoms with van der Waals surface area (Å²) < 4.78 is 43.1. The van der Waals surface area contributed by atoms with Crippen molar-refractivity contribution < 1.29 is 23.0 Å². The molecule has 1 N–H and O–H groups in total. The molecule has 0 aliphatic heterocycles. The van der Waals surface area contributed by atoms with Gasteiger partial charge in [-0.3, -0.25) is 0 Å². The van der Waals surface area contributed by atoms with Crippen LogP contribution in [0.1, 0.15) is 16.7 Å². The van der Waals surface area contributed by atoms with Crippen molar-refractivity contribution in [2.24, 2.45) is 0 Å². The molecule has 0 amide bonds. The van der Waals surface area contributed by atoms with Gasteiger partial charge in [0.25, 0.3) is 0 Å². The zero-order chi connectivity index (χ0) is 14.8. The van der Waals surface area contributed by atoms with Crippen LogP contribution in [0.5, 0.6) is 0 Å². The van der Waals surface area contributed by atoms with Gasteiger partial charge in [-0.15, -0.1) is 0 Å². The lowest BCUT2D eigenvalue weighted by atomic mass is 10.0. The van der Waals surface area contributed by atoms with Gasteiger partial charge < -0.3 is 9.84 Å². The molecule has 3 nitrogen and oxygen atoms in total. The lowest BCUT2D eigenvalue weighted by Gasteiger charge is -2.09. The Morgan fingerprint density at radius 1 is 1.30 bits per heavy atom. The zero-order valence-corrected chi connectivity index (χ0v) is 10.2. The number of ether oxygens (including phenoxy) is 1. The van der Waals surface area contributed by atoms with Gasteiger partial charge in [0, 0.05) is 11.1 Å². The predicted molar refractivity (Wildman–Crippen MR) is 66.0 cm³/mol. The van der Waals surface area contributed by atoms with Crippen molar-refractivity contribution in [1.82, 2.24) is 0 Å². The highest BCUT2D eigenvalue weighted by Crippen LogP contribution is 2.39. The Balaban J connectivity index is 2.45. The van der Waals surface area contributed by atoms with E-state index >= 15 is 0 Å². The van der Waals surface area contributed by atoms with Crippen molar-refractivity contribution in [3.05, 3.63) is 47.2 Å². The van der Waals surface area contributed by atoms with E-state index in [9.17, 15) is 13.2 Å². The van der Waals surface area contributed by atoms with E-state index < -0.39 is 11.7 Å². The number of allylic oxidation sites excluding steroid dienone is 3. The first kappa shape index (κ1) is 14.2. The number of nitrogens with zero attached hydrogens (tertiary/aromatic N) is 1. The summed E-state index contributed by atoms with van der Waals surface area (Å²) in [5, 5.41) is 17.6. The minimum absolute atomic E-state index is 0.0352. The quantitative estimate of drug-likeness (QED) is 0.684. The number of rotatable bonds is 3. The molecule has 1 aliphatic carbocycles. The Labute approximate surface area is 113 Å². The van der Waals surface area contributed by atoms with Crippen LogP contribution < -0.4 is 0 Å². The average molecular weight is 281 g/mol. The molecule has 104 valence electrons. The number of aliphatic hydroxyl groups is 1. The minimum atomic E-state index is -4.44. The maximum Gasteiger partial charge on any atom is 0.416 e. The maximum absolute atomic E-state index is 12.7.